The summed E-state index contributed by atoms with van der Waals surface area (Å²) in [5.74, 6) is 0.831. The predicted molar refractivity (Wildman–Crippen MR) is 115 cm³/mol. The molecule has 1 N–H and O–H groups in total. The van der Waals surface area contributed by atoms with Crippen molar-refractivity contribution in [2.45, 2.75) is 32.7 Å². The molecular weight excluding hydrogens is 362 g/mol. The summed E-state index contributed by atoms with van der Waals surface area (Å²) >= 11 is 0. The molecule has 29 heavy (non-hydrogen) atoms. The highest BCUT2D eigenvalue weighted by Crippen LogP contribution is 2.42. The van der Waals surface area contributed by atoms with Gasteiger partial charge < -0.3 is 15.0 Å². The van der Waals surface area contributed by atoms with Gasteiger partial charge in [0.2, 0.25) is 5.95 Å². The summed E-state index contributed by atoms with van der Waals surface area (Å²) < 4.78 is 5.47. The van der Waals surface area contributed by atoms with E-state index in [4.69, 9.17) is 14.7 Å². The Morgan fingerprint density at radius 3 is 2.79 bits per heavy atom. The van der Waals surface area contributed by atoms with Crippen LogP contribution in [-0.2, 0) is 11.2 Å². The number of hydrogen-bond donors (Lipinski definition) is 1. The van der Waals surface area contributed by atoms with E-state index in [-0.39, 0.29) is 11.5 Å². The van der Waals surface area contributed by atoms with Gasteiger partial charge in [-0.15, -0.1) is 0 Å². The standard InChI is InChI=1S/C23H27N5O/c1-23(2)13-20(26-19-7-8-24-18-6-4-3-5-16(18)19)17-15-25-22(27-21(17)14-23)28-9-11-29-12-10-28/h3-8,15,20H,9-14H2,1-2H3,(H,24,26). The van der Waals surface area contributed by atoms with Gasteiger partial charge in [0.15, 0.2) is 0 Å². The minimum Gasteiger partial charge on any atom is -0.378 e. The number of rotatable bonds is 3. The van der Waals surface area contributed by atoms with Crippen LogP contribution in [0.3, 0.4) is 0 Å². The lowest BCUT2D eigenvalue weighted by Gasteiger charge is -2.37. The van der Waals surface area contributed by atoms with Gasteiger partial charge in [0.25, 0.3) is 0 Å². The minimum absolute atomic E-state index is 0.171. The number of anilines is 2. The second-order valence-corrected chi connectivity index (χ2v) is 8.79. The van der Waals surface area contributed by atoms with Crippen molar-refractivity contribution in [3.63, 3.8) is 0 Å². The van der Waals surface area contributed by atoms with Crippen molar-refractivity contribution in [2.24, 2.45) is 5.41 Å². The number of ether oxygens (including phenoxy) is 1. The van der Waals surface area contributed by atoms with Gasteiger partial charge in [-0.3, -0.25) is 4.98 Å². The molecule has 6 heteroatoms. The molecule has 1 aromatic carbocycles. The van der Waals surface area contributed by atoms with Gasteiger partial charge in [-0.1, -0.05) is 32.0 Å². The molecule has 2 aromatic heterocycles. The van der Waals surface area contributed by atoms with Crippen LogP contribution in [0.4, 0.5) is 11.6 Å². The van der Waals surface area contributed by atoms with Crippen molar-refractivity contribution >= 4 is 22.5 Å². The van der Waals surface area contributed by atoms with Crippen LogP contribution in [0, 0.1) is 5.41 Å². The third-order valence-electron chi connectivity index (χ3n) is 5.94. The van der Waals surface area contributed by atoms with Gasteiger partial charge in [-0.2, -0.15) is 0 Å². The van der Waals surface area contributed by atoms with Gasteiger partial charge >= 0.3 is 0 Å². The highest BCUT2D eigenvalue weighted by molar-refractivity contribution is 5.91. The molecule has 150 valence electrons. The zero-order chi connectivity index (χ0) is 19.8. The number of nitrogens with one attached hydrogen (secondary N) is 1. The van der Waals surface area contributed by atoms with Crippen molar-refractivity contribution in [1.82, 2.24) is 15.0 Å². The lowest BCUT2D eigenvalue weighted by atomic mass is 9.74. The quantitative estimate of drug-likeness (QED) is 0.731. The SMILES string of the molecule is CC1(C)Cc2nc(N3CCOCC3)ncc2C(Nc2ccnc3ccccc23)C1. The average molecular weight is 390 g/mol. The van der Waals surface area contributed by atoms with Gasteiger partial charge in [-0.05, 0) is 30.4 Å². The Hall–Kier alpha value is -2.73. The molecule has 1 aliphatic carbocycles. The second-order valence-electron chi connectivity index (χ2n) is 8.79. The Kier molecular flexibility index (Phi) is 4.59. The monoisotopic (exact) mass is 389 g/mol. The summed E-state index contributed by atoms with van der Waals surface area (Å²) in [7, 11) is 0. The van der Waals surface area contributed by atoms with E-state index in [0.29, 0.717) is 0 Å². The van der Waals surface area contributed by atoms with Crippen molar-refractivity contribution < 1.29 is 4.74 Å². The Balaban J connectivity index is 1.49. The number of aromatic nitrogens is 3. The van der Waals surface area contributed by atoms with E-state index >= 15 is 0 Å². The van der Waals surface area contributed by atoms with E-state index in [2.05, 4.69) is 53.3 Å². The van der Waals surface area contributed by atoms with Crippen LogP contribution in [0.5, 0.6) is 0 Å². The third kappa shape index (κ3) is 3.65. The summed E-state index contributed by atoms with van der Waals surface area (Å²) in [5.41, 5.74) is 4.66. The Morgan fingerprint density at radius 2 is 1.93 bits per heavy atom. The average Bonchev–Trinajstić information content (AvgIpc) is 2.73. The van der Waals surface area contributed by atoms with E-state index in [1.54, 1.807) is 0 Å². The number of benzene rings is 1. The molecule has 0 saturated carbocycles. The fourth-order valence-corrected chi connectivity index (χ4v) is 4.49. The number of hydrogen-bond acceptors (Lipinski definition) is 6. The summed E-state index contributed by atoms with van der Waals surface area (Å²) in [6.45, 7) is 7.84. The highest BCUT2D eigenvalue weighted by Gasteiger charge is 2.34. The minimum atomic E-state index is 0.171. The second kappa shape index (κ2) is 7.26. The highest BCUT2D eigenvalue weighted by atomic mass is 16.5. The van der Waals surface area contributed by atoms with Gasteiger partial charge in [-0.25, -0.2) is 9.97 Å². The number of fused-ring (bicyclic) bond motifs is 2. The molecule has 1 saturated heterocycles. The first kappa shape index (κ1) is 18.3. The summed E-state index contributed by atoms with van der Waals surface area (Å²) in [5, 5.41) is 4.93. The Bertz CT molecular complexity index is 1020. The summed E-state index contributed by atoms with van der Waals surface area (Å²) in [4.78, 5) is 16.4. The maximum atomic E-state index is 5.47. The molecule has 1 atom stereocenters. The summed E-state index contributed by atoms with van der Waals surface area (Å²) in [6.07, 6.45) is 5.91. The molecule has 5 rings (SSSR count). The number of pyridine rings is 1. The lowest BCUT2D eigenvalue weighted by Crippen LogP contribution is -2.38. The van der Waals surface area contributed by atoms with E-state index in [1.807, 2.05) is 18.5 Å². The molecule has 1 fully saturated rings. The van der Waals surface area contributed by atoms with Crippen LogP contribution in [0.1, 0.15) is 37.6 Å². The molecule has 2 aliphatic rings. The lowest BCUT2D eigenvalue weighted by molar-refractivity contribution is 0.122. The molecular formula is C23H27N5O. The first-order valence-electron chi connectivity index (χ1n) is 10.4. The normalized spacial score (nSPS) is 21.0. The fourth-order valence-electron chi connectivity index (χ4n) is 4.49. The first-order chi connectivity index (χ1) is 14.1. The Labute approximate surface area is 171 Å². The Morgan fingerprint density at radius 1 is 1.10 bits per heavy atom. The molecule has 0 bridgehead atoms. The first-order valence-corrected chi connectivity index (χ1v) is 10.4. The van der Waals surface area contributed by atoms with E-state index in [9.17, 15) is 0 Å². The van der Waals surface area contributed by atoms with Crippen molar-refractivity contribution in [1.29, 1.82) is 0 Å². The summed E-state index contributed by atoms with van der Waals surface area (Å²) in [6, 6.07) is 10.5. The van der Waals surface area contributed by atoms with Crippen LogP contribution >= 0.6 is 0 Å². The molecule has 0 radical (unpaired) electrons. The van der Waals surface area contributed by atoms with Gasteiger partial charge in [0, 0.05) is 42.1 Å². The zero-order valence-corrected chi connectivity index (χ0v) is 17.1. The molecule has 3 aromatic rings. The van der Waals surface area contributed by atoms with Gasteiger partial charge in [0.05, 0.1) is 30.5 Å². The van der Waals surface area contributed by atoms with Crippen molar-refractivity contribution in [3.8, 4) is 0 Å². The van der Waals surface area contributed by atoms with Crippen LogP contribution in [0.15, 0.2) is 42.7 Å². The number of para-hydroxylation sites is 1. The van der Waals surface area contributed by atoms with Crippen LogP contribution in [0.25, 0.3) is 10.9 Å². The van der Waals surface area contributed by atoms with Crippen molar-refractivity contribution in [2.75, 3.05) is 36.5 Å². The van der Waals surface area contributed by atoms with Gasteiger partial charge in [0.1, 0.15) is 0 Å². The number of morpholine rings is 1. The molecule has 1 aliphatic heterocycles. The van der Waals surface area contributed by atoms with E-state index < -0.39 is 0 Å². The molecule has 1 unspecified atom stereocenters. The maximum absolute atomic E-state index is 5.47. The van der Waals surface area contributed by atoms with Crippen LogP contribution in [-0.4, -0.2) is 41.3 Å². The van der Waals surface area contributed by atoms with E-state index in [1.165, 1.54) is 5.56 Å². The fraction of sp³-hybridized carbons (Fsp3) is 0.435. The third-order valence-corrected chi connectivity index (χ3v) is 5.94. The van der Waals surface area contributed by atoms with E-state index in [0.717, 1.165) is 67.4 Å². The largest absolute Gasteiger partial charge is 0.378 e. The van der Waals surface area contributed by atoms with Crippen molar-refractivity contribution in [3.05, 3.63) is 54.0 Å². The van der Waals surface area contributed by atoms with Crippen LogP contribution < -0.4 is 10.2 Å². The molecule has 6 nitrogen and oxygen atoms in total. The van der Waals surface area contributed by atoms with Crippen LogP contribution in [0.2, 0.25) is 0 Å². The molecule has 0 spiro atoms. The smallest absolute Gasteiger partial charge is 0.225 e. The zero-order valence-electron chi connectivity index (χ0n) is 17.1. The predicted octanol–water partition coefficient (Wildman–Crippen LogP) is 3.99. The topological polar surface area (TPSA) is 63.2 Å². The molecule has 0 amide bonds. The molecule has 3 heterocycles. The number of nitrogens with zero attached hydrogens (tertiary/aromatic N) is 4. The maximum Gasteiger partial charge on any atom is 0.225 e.